The van der Waals surface area contributed by atoms with Gasteiger partial charge in [0.25, 0.3) is 0 Å². The van der Waals surface area contributed by atoms with E-state index in [0.717, 1.165) is 29.1 Å². The average Bonchev–Trinajstić information content (AvgIpc) is 3.12. The zero-order valence-electron chi connectivity index (χ0n) is 14.6. The summed E-state index contributed by atoms with van der Waals surface area (Å²) in [5.41, 5.74) is 2.64. The van der Waals surface area contributed by atoms with E-state index in [9.17, 15) is 8.42 Å². The number of sulfone groups is 1. The van der Waals surface area contributed by atoms with Gasteiger partial charge in [0.2, 0.25) is 5.95 Å². The molecule has 6 nitrogen and oxygen atoms in total. The van der Waals surface area contributed by atoms with Gasteiger partial charge in [-0.25, -0.2) is 13.4 Å². The van der Waals surface area contributed by atoms with E-state index >= 15 is 0 Å². The van der Waals surface area contributed by atoms with Crippen molar-refractivity contribution in [2.75, 3.05) is 30.3 Å². The summed E-state index contributed by atoms with van der Waals surface area (Å²) in [6.45, 7) is 3.70. The normalized spacial score (nSPS) is 18.3. The Labute approximate surface area is 152 Å². The molecule has 0 spiro atoms. The van der Waals surface area contributed by atoms with Gasteiger partial charge in [-0.05, 0) is 23.8 Å². The lowest BCUT2D eigenvalue weighted by atomic mass is 10.1. The monoisotopic (exact) mass is 371 g/mol. The van der Waals surface area contributed by atoms with Crippen molar-refractivity contribution in [1.29, 1.82) is 0 Å². The van der Waals surface area contributed by atoms with E-state index in [2.05, 4.69) is 27.0 Å². The van der Waals surface area contributed by atoms with E-state index in [1.54, 1.807) is 25.1 Å². The highest BCUT2D eigenvalue weighted by molar-refractivity contribution is 7.91. The lowest BCUT2D eigenvalue weighted by molar-refractivity contribution is 0.0393. The molecule has 1 saturated heterocycles. The van der Waals surface area contributed by atoms with Gasteiger partial charge in [-0.15, -0.1) is 0 Å². The fraction of sp³-hybridized carbons (Fsp3) is 0.316. The third-order valence-electron chi connectivity index (χ3n) is 4.72. The summed E-state index contributed by atoms with van der Waals surface area (Å²) < 4.78 is 30.1. The standard InChI is InChI=1S/C19H21N3O3S/c1-2-26(23,24)15-8-9-16-17(12-15)21-19(20-16)22-10-11-25-18(13-22)14-6-4-3-5-7-14/h3-9,12,18H,2,10-11,13H2,1H3,(H,20,21)/t18-/m1/s1. The number of nitrogens with one attached hydrogen (secondary N) is 1. The fourth-order valence-corrected chi connectivity index (χ4v) is 4.10. The van der Waals surface area contributed by atoms with Crippen LogP contribution in [0.3, 0.4) is 0 Å². The number of hydrogen-bond donors (Lipinski definition) is 1. The van der Waals surface area contributed by atoms with Gasteiger partial charge >= 0.3 is 0 Å². The van der Waals surface area contributed by atoms with Crippen molar-refractivity contribution >= 4 is 26.8 Å². The Hall–Kier alpha value is -2.38. The molecule has 0 bridgehead atoms. The van der Waals surface area contributed by atoms with E-state index in [0.29, 0.717) is 18.0 Å². The highest BCUT2D eigenvalue weighted by Crippen LogP contribution is 2.27. The number of aromatic amines is 1. The van der Waals surface area contributed by atoms with Crippen LogP contribution in [0, 0.1) is 0 Å². The molecular weight excluding hydrogens is 350 g/mol. The topological polar surface area (TPSA) is 75.3 Å². The molecular formula is C19H21N3O3S. The summed E-state index contributed by atoms with van der Waals surface area (Å²) >= 11 is 0. The SMILES string of the molecule is CCS(=O)(=O)c1ccc2nc(N3CCO[C@@H](c4ccccc4)C3)[nH]c2c1. The highest BCUT2D eigenvalue weighted by Gasteiger charge is 2.24. The molecule has 1 aliphatic heterocycles. The minimum Gasteiger partial charge on any atom is -0.370 e. The van der Waals surface area contributed by atoms with Crippen LogP contribution in [0.5, 0.6) is 0 Å². The Morgan fingerprint density at radius 1 is 1.23 bits per heavy atom. The van der Waals surface area contributed by atoms with Gasteiger partial charge < -0.3 is 14.6 Å². The van der Waals surface area contributed by atoms with Crippen molar-refractivity contribution in [2.24, 2.45) is 0 Å². The molecule has 3 aromatic rings. The number of hydrogen-bond acceptors (Lipinski definition) is 5. The van der Waals surface area contributed by atoms with Gasteiger partial charge in [-0.3, -0.25) is 0 Å². The molecule has 1 fully saturated rings. The molecule has 4 rings (SSSR count). The number of fused-ring (bicyclic) bond motifs is 1. The lowest BCUT2D eigenvalue weighted by Crippen LogP contribution is -2.39. The van der Waals surface area contributed by atoms with E-state index in [1.807, 2.05) is 18.2 Å². The summed E-state index contributed by atoms with van der Waals surface area (Å²) in [6, 6.07) is 15.2. The van der Waals surface area contributed by atoms with E-state index < -0.39 is 9.84 Å². The zero-order chi connectivity index (χ0) is 18.1. The molecule has 7 heteroatoms. The summed E-state index contributed by atoms with van der Waals surface area (Å²) in [5.74, 6) is 0.831. The predicted octanol–water partition coefficient (Wildman–Crippen LogP) is 2.93. The molecule has 2 aromatic carbocycles. The van der Waals surface area contributed by atoms with Gasteiger partial charge in [-0.1, -0.05) is 37.3 Å². The van der Waals surface area contributed by atoms with E-state index in [4.69, 9.17) is 4.74 Å². The molecule has 1 atom stereocenters. The second-order valence-corrected chi connectivity index (χ2v) is 8.64. The Morgan fingerprint density at radius 2 is 2.04 bits per heavy atom. The second-order valence-electron chi connectivity index (χ2n) is 6.36. The van der Waals surface area contributed by atoms with Gasteiger partial charge in [0.15, 0.2) is 9.84 Å². The highest BCUT2D eigenvalue weighted by atomic mass is 32.2. The Bertz CT molecular complexity index is 1010. The number of nitrogens with zero attached hydrogens (tertiary/aromatic N) is 2. The van der Waals surface area contributed by atoms with Crippen molar-refractivity contribution in [3.8, 4) is 0 Å². The summed E-state index contributed by atoms with van der Waals surface area (Å²) in [6.07, 6.45) is -0.00538. The first-order chi connectivity index (χ1) is 12.6. The van der Waals surface area contributed by atoms with Crippen LogP contribution in [0.4, 0.5) is 5.95 Å². The van der Waals surface area contributed by atoms with Gasteiger partial charge in [0.1, 0.15) is 6.10 Å². The third kappa shape index (κ3) is 3.20. The van der Waals surface area contributed by atoms with Crippen LogP contribution in [0.15, 0.2) is 53.4 Å². The number of rotatable bonds is 4. The predicted molar refractivity (Wildman–Crippen MR) is 101 cm³/mol. The van der Waals surface area contributed by atoms with Crippen LogP contribution in [0.1, 0.15) is 18.6 Å². The molecule has 136 valence electrons. The quantitative estimate of drug-likeness (QED) is 0.763. The number of morpholine rings is 1. The molecule has 0 radical (unpaired) electrons. The average molecular weight is 371 g/mol. The van der Waals surface area contributed by atoms with Crippen LogP contribution in [0.25, 0.3) is 11.0 Å². The number of ether oxygens (including phenoxy) is 1. The van der Waals surface area contributed by atoms with Gasteiger partial charge in [0.05, 0.1) is 34.8 Å². The van der Waals surface area contributed by atoms with Crippen LogP contribution < -0.4 is 4.90 Å². The molecule has 26 heavy (non-hydrogen) atoms. The fourth-order valence-electron chi connectivity index (χ4n) is 3.20. The molecule has 0 unspecified atom stereocenters. The van der Waals surface area contributed by atoms with Crippen molar-refractivity contribution in [3.05, 3.63) is 54.1 Å². The maximum atomic E-state index is 12.1. The maximum Gasteiger partial charge on any atom is 0.204 e. The second kappa shape index (κ2) is 6.74. The van der Waals surface area contributed by atoms with E-state index in [-0.39, 0.29) is 11.9 Å². The van der Waals surface area contributed by atoms with Gasteiger partial charge in [0, 0.05) is 6.54 Å². The van der Waals surface area contributed by atoms with E-state index in [1.165, 1.54) is 0 Å². The Morgan fingerprint density at radius 3 is 2.81 bits per heavy atom. The smallest absolute Gasteiger partial charge is 0.204 e. The number of benzene rings is 2. The number of aromatic nitrogens is 2. The van der Waals surface area contributed by atoms with Crippen LogP contribution in [-0.2, 0) is 14.6 Å². The van der Waals surface area contributed by atoms with Crippen LogP contribution >= 0.6 is 0 Å². The Balaban J connectivity index is 1.62. The largest absolute Gasteiger partial charge is 0.370 e. The van der Waals surface area contributed by atoms with Gasteiger partial charge in [-0.2, -0.15) is 0 Å². The first kappa shape index (κ1) is 17.1. The molecule has 0 aliphatic carbocycles. The summed E-state index contributed by atoms with van der Waals surface area (Å²) in [4.78, 5) is 10.4. The van der Waals surface area contributed by atoms with Crippen molar-refractivity contribution < 1.29 is 13.2 Å². The first-order valence-corrected chi connectivity index (χ1v) is 10.4. The van der Waals surface area contributed by atoms with Crippen LogP contribution in [-0.4, -0.2) is 43.8 Å². The molecule has 1 N–H and O–H groups in total. The minimum absolute atomic E-state index is 0.00538. The number of anilines is 1. The molecule has 1 aromatic heterocycles. The Kier molecular flexibility index (Phi) is 4.42. The zero-order valence-corrected chi connectivity index (χ0v) is 15.4. The first-order valence-electron chi connectivity index (χ1n) is 8.71. The molecule has 0 amide bonds. The van der Waals surface area contributed by atoms with Crippen LogP contribution in [0.2, 0.25) is 0 Å². The minimum atomic E-state index is -3.23. The molecule has 1 aliphatic rings. The molecule has 2 heterocycles. The maximum absolute atomic E-state index is 12.1. The molecule has 0 saturated carbocycles. The third-order valence-corrected chi connectivity index (χ3v) is 6.45. The summed E-state index contributed by atoms with van der Waals surface area (Å²) in [7, 11) is -3.23. The van der Waals surface area contributed by atoms with Crippen molar-refractivity contribution in [3.63, 3.8) is 0 Å². The summed E-state index contributed by atoms with van der Waals surface area (Å²) in [5, 5.41) is 0. The number of H-pyrrole nitrogens is 1. The lowest BCUT2D eigenvalue weighted by Gasteiger charge is -2.32. The van der Waals surface area contributed by atoms with Crippen molar-refractivity contribution in [2.45, 2.75) is 17.9 Å². The van der Waals surface area contributed by atoms with Crippen molar-refractivity contribution in [1.82, 2.24) is 9.97 Å². The number of imidazole rings is 1.